The van der Waals surface area contributed by atoms with Gasteiger partial charge in [0.2, 0.25) is 0 Å². The average molecular weight is 268 g/mol. The Hall–Kier alpha value is -2.64. The van der Waals surface area contributed by atoms with Gasteiger partial charge in [0, 0.05) is 6.07 Å². The van der Waals surface area contributed by atoms with Crippen molar-refractivity contribution < 1.29 is 24.4 Å². The number of ether oxygens (including phenoxy) is 1. The van der Waals surface area contributed by atoms with Gasteiger partial charge in [-0.15, -0.1) is 0 Å². The van der Waals surface area contributed by atoms with Crippen molar-refractivity contribution in [3.8, 4) is 5.75 Å². The highest BCUT2D eigenvalue weighted by molar-refractivity contribution is 6.01. The van der Waals surface area contributed by atoms with Crippen molar-refractivity contribution in [2.24, 2.45) is 0 Å². The summed E-state index contributed by atoms with van der Waals surface area (Å²) < 4.78 is 5.14. The summed E-state index contributed by atoms with van der Waals surface area (Å²) in [5.74, 6) is -2.07. The number of carbonyl (C=O) groups excluding carboxylic acids is 1. The molecule has 0 unspecified atom stereocenters. The van der Waals surface area contributed by atoms with Gasteiger partial charge in [-0.3, -0.25) is 19.7 Å². The molecule has 0 spiro atoms. The van der Waals surface area contributed by atoms with Crippen LogP contribution in [0.4, 0.5) is 5.69 Å². The van der Waals surface area contributed by atoms with Gasteiger partial charge in [-0.1, -0.05) is 6.07 Å². The van der Waals surface area contributed by atoms with Gasteiger partial charge in [0.1, 0.15) is 12.3 Å². The normalized spacial score (nSPS) is 9.74. The number of benzene rings is 1. The number of carbonyl (C=O) groups is 2. The van der Waals surface area contributed by atoms with Crippen molar-refractivity contribution in [3.63, 3.8) is 0 Å². The highest BCUT2D eigenvalue weighted by Crippen LogP contribution is 2.28. The smallest absolute Gasteiger partial charge is 0.322 e. The fourth-order valence-corrected chi connectivity index (χ4v) is 1.42. The molecule has 0 aliphatic rings. The summed E-state index contributed by atoms with van der Waals surface area (Å²) in [6.07, 6.45) is 0. The van der Waals surface area contributed by atoms with Gasteiger partial charge in [-0.25, -0.2) is 0 Å². The standard InChI is InChI=1S/C11H12N2O6/c1-2-19-8-5-3-4-7(13(17)18)10(8)11(16)12-6-9(14)15/h3-5H,2,6H2,1H3,(H,12,16)(H,14,15). The highest BCUT2D eigenvalue weighted by atomic mass is 16.6. The van der Waals surface area contributed by atoms with E-state index in [9.17, 15) is 19.7 Å². The molecule has 0 atom stereocenters. The molecule has 1 rings (SSSR count). The Morgan fingerprint density at radius 1 is 1.47 bits per heavy atom. The number of nitro benzene ring substituents is 1. The topological polar surface area (TPSA) is 119 Å². The fourth-order valence-electron chi connectivity index (χ4n) is 1.42. The lowest BCUT2D eigenvalue weighted by atomic mass is 10.1. The molecular formula is C11H12N2O6. The van der Waals surface area contributed by atoms with Crippen molar-refractivity contribution in [2.75, 3.05) is 13.2 Å². The number of aliphatic carboxylic acids is 1. The Morgan fingerprint density at radius 3 is 2.68 bits per heavy atom. The number of rotatable bonds is 6. The molecule has 0 aliphatic heterocycles. The first kappa shape index (κ1) is 14.4. The SMILES string of the molecule is CCOc1cccc([N+](=O)[O-])c1C(=O)NCC(=O)O. The fraction of sp³-hybridized carbons (Fsp3) is 0.273. The molecule has 0 saturated carbocycles. The highest BCUT2D eigenvalue weighted by Gasteiger charge is 2.25. The van der Waals surface area contributed by atoms with Gasteiger partial charge in [0.15, 0.2) is 5.56 Å². The van der Waals surface area contributed by atoms with E-state index in [-0.39, 0.29) is 17.9 Å². The van der Waals surface area contributed by atoms with Gasteiger partial charge in [-0.2, -0.15) is 0 Å². The predicted octanol–water partition coefficient (Wildman–Crippen LogP) is 0.808. The monoisotopic (exact) mass is 268 g/mol. The molecule has 1 amide bonds. The molecule has 0 aliphatic carbocycles. The zero-order valence-electron chi connectivity index (χ0n) is 10.1. The van der Waals surface area contributed by atoms with Gasteiger partial charge < -0.3 is 15.2 Å². The van der Waals surface area contributed by atoms with E-state index >= 15 is 0 Å². The summed E-state index contributed by atoms with van der Waals surface area (Å²) in [5.41, 5.74) is -0.718. The van der Waals surface area contributed by atoms with E-state index in [1.807, 2.05) is 0 Å². The minimum Gasteiger partial charge on any atom is -0.493 e. The zero-order chi connectivity index (χ0) is 14.4. The number of hydrogen-bond donors (Lipinski definition) is 2. The lowest BCUT2D eigenvalue weighted by Gasteiger charge is -2.09. The minimum atomic E-state index is -1.25. The average Bonchev–Trinajstić information content (AvgIpc) is 2.36. The quantitative estimate of drug-likeness (QED) is 0.582. The number of amides is 1. The van der Waals surface area contributed by atoms with E-state index in [0.717, 1.165) is 6.07 Å². The second kappa shape index (κ2) is 6.34. The molecule has 102 valence electrons. The largest absolute Gasteiger partial charge is 0.493 e. The maximum absolute atomic E-state index is 11.8. The molecule has 0 aromatic heterocycles. The first-order valence-electron chi connectivity index (χ1n) is 5.37. The van der Waals surface area contributed by atoms with Crippen LogP contribution in [0.5, 0.6) is 5.75 Å². The maximum atomic E-state index is 11.8. The molecule has 19 heavy (non-hydrogen) atoms. The van der Waals surface area contributed by atoms with Gasteiger partial charge in [0.25, 0.3) is 11.6 Å². The first-order valence-corrected chi connectivity index (χ1v) is 5.37. The van der Waals surface area contributed by atoms with Crippen LogP contribution in [0.2, 0.25) is 0 Å². The molecule has 1 aromatic rings. The third-order valence-electron chi connectivity index (χ3n) is 2.13. The molecule has 8 nitrogen and oxygen atoms in total. The molecule has 0 bridgehead atoms. The van der Waals surface area contributed by atoms with Crippen molar-refractivity contribution in [2.45, 2.75) is 6.92 Å². The molecule has 0 saturated heterocycles. The van der Waals surface area contributed by atoms with Crippen LogP contribution >= 0.6 is 0 Å². The number of nitro groups is 1. The van der Waals surface area contributed by atoms with Crippen LogP contribution in [0.25, 0.3) is 0 Å². The van der Waals surface area contributed by atoms with E-state index in [0.29, 0.717) is 0 Å². The first-order chi connectivity index (χ1) is 8.97. The predicted molar refractivity (Wildman–Crippen MR) is 64.2 cm³/mol. The Morgan fingerprint density at radius 2 is 2.16 bits per heavy atom. The summed E-state index contributed by atoms with van der Waals surface area (Å²) in [6, 6.07) is 3.95. The third kappa shape index (κ3) is 3.66. The van der Waals surface area contributed by atoms with Crippen LogP contribution in [0.1, 0.15) is 17.3 Å². The summed E-state index contributed by atoms with van der Waals surface area (Å²) in [6.45, 7) is 1.26. The summed E-state index contributed by atoms with van der Waals surface area (Å²) in [4.78, 5) is 32.3. The maximum Gasteiger partial charge on any atom is 0.322 e. The lowest BCUT2D eigenvalue weighted by molar-refractivity contribution is -0.385. The second-order valence-electron chi connectivity index (χ2n) is 3.42. The Balaban J connectivity index is 3.16. The van der Waals surface area contributed by atoms with E-state index < -0.39 is 29.0 Å². The summed E-state index contributed by atoms with van der Waals surface area (Å²) >= 11 is 0. The minimum absolute atomic E-state index is 0.0413. The molecule has 0 fully saturated rings. The number of carboxylic acids is 1. The molecule has 2 N–H and O–H groups in total. The van der Waals surface area contributed by atoms with Crippen LogP contribution < -0.4 is 10.1 Å². The van der Waals surface area contributed by atoms with Crippen molar-refractivity contribution in [1.82, 2.24) is 5.32 Å². The second-order valence-corrected chi connectivity index (χ2v) is 3.42. The van der Waals surface area contributed by atoms with E-state index in [1.54, 1.807) is 6.92 Å². The van der Waals surface area contributed by atoms with Crippen LogP contribution in [0.3, 0.4) is 0 Å². The number of hydrogen-bond acceptors (Lipinski definition) is 5. The number of carboxylic acid groups (broad SMARTS) is 1. The van der Waals surface area contributed by atoms with E-state index in [4.69, 9.17) is 9.84 Å². The van der Waals surface area contributed by atoms with Crippen LogP contribution in [0, 0.1) is 10.1 Å². The zero-order valence-corrected chi connectivity index (χ0v) is 10.1. The molecule has 0 heterocycles. The van der Waals surface area contributed by atoms with E-state index in [1.165, 1.54) is 12.1 Å². The third-order valence-corrected chi connectivity index (χ3v) is 2.13. The number of nitrogens with one attached hydrogen (secondary N) is 1. The lowest BCUT2D eigenvalue weighted by Crippen LogP contribution is -2.30. The van der Waals surface area contributed by atoms with E-state index in [2.05, 4.69) is 5.32 Å². The van der Waals surface area contributed by atoms with Crippen molar-refractivity contribution in [1.29, 1.82) is 0 Å². The van der Waals surface area contributed by atoms with Crippen molar-refractivity contribution in [3.05, 3.63) is 33.9 Å². The van der Waals surface area contributed by atoms with Crippen LogP contribution in [-0.4, -0.2) is 35.1 Å². The molecular weight excluding hydrogens is 256 g/mol. The van der Waals surface area contributed by atoms with Gasteiger partial charge in [0.05, 0.1) is 11.5 Å². The van der Waals surface area contributed by atoms with Gasteiger partial charge >= 0.3 is 5.97 Å². The summed E-state index contributed by atoms with van der Waals surface area (Å²) in [7, 11) is 0. The number of nitrogens with zero attached hydrogens (tertiary/aromatic N) is 1. The van der Waals surface area contributed by atoms with Crippen LogP contribution in [-0.2, 0) is 4.79 Å². The van der Waals surface area contributed by atoms with Crippen molar-refractivity contribution >= 4 is 17.6 Å². The van der Waals surface area contributed by atoms with Gasteiger partial charge in [-0.05, 0) is 13.0 Å². The Bertz CT molecular complexity index is 514. The Kier molecular flexibility index (Phi) is 4.81. The van der Waals surface area contributed by atoms with Crippen LogP contribution in [0.15, 0.2) is 18.2 Å². The Labute approximate surface area is 108 Å². The molecule has 8 heteroatoms. The summed E-state index contributed by atoms with van der Waals surface area (Å²) in [5, 5.41) is 21.4. The molecule has 1 aromatic carbocycles. The molecule has 0 radical (unpaired) electrons.